The van der Waals surface area contributed by atoms with Gasteiger partial charge in [0.2, 0.25) is 5.91 Å². The van der Waals surface area contributed by atoms with Crippen molar-refractivity contribution < 1.29 is 9.72 Å². The molecule has 0 aliphatic carbocycles. The van der Waals surface area contributed by atoms with E-state index in [-0.39, 0.29) is 17.6 Å². The Bertz CT molecular complexity index is 521. The minimum atomic E-state index is -0.417. The highest BCUT2D eigenvalue weighted by atomic mass is 79.9. The standard InChI is InChI=1S/C12H14BrN3O3/c1-8-12(17)14-4-5-15(8)7-9-2-3-10(13)11(6-9)16(18)19/h2-3,6,8H,4-5,7H2,1H3,(H,14,17)/t8-/m0/s1. The number of hydrogen-bond acceptors (Lipinski definition) is 4. The first-order valence-electron chi connectivity index (χ1n) is 5.93. The summed E-state index contributed by atoms with van der Waals surface area (Å²) in [7, 11) is 0. The molecule has 0 radical (unpaired) electrons. The van der Waals surface area contributed by atoms with Crippen LogP contribution in [0.4, 0.5) is 5.69 Å². The van der Waals surface area contributed by atoms with E-state index < -0.39 is 4.92 Å². The number of hydrogen-bond donors (Lipinski definition) is 1. The Labute approximate surface area is 119 Å². The number of carbonyl (C=O) groups excluding carboxylic acids is 1. The lowest BCUT2D eigenvalue weighted by molar-refractivity contribution is -0.385. The van der Waals surface area contributed by atoms with Gasteiger partial charge in [-0.25, -0.2) is 0 Å². The van der Waals surface area contributed by atoms with E-state index in [2.05, 4.69) is 21.2 Å². The van der Waals surface area contributed by atoms with Gasteiger partial charge in [0.05, 0.1) is 15.4 Å². The van der Waals surface area contributed by atoms with Crippen LogP contribution in [0.3, 0.4) is 0 Å². The van der Waals surface area contributed by atoms with Gasteiger partial charge in [0.25, 0.3) is 5.69 Å². The molecule has 1 amide bonds. The summed E-state index contributed by atoms with van der Waals surface area (Å²) >= 11 is 3.16. The van der Waals surface area contributed by atoms with Gasteiger partial charge in [-0.2, -0.15) is 0 Å². The van der Waals surface area contributed by atoms with Crippen molar-refractivity contribution in [2.45, 2.75) is 19.5 Å². The quantitative estimate of drug-likeness (QED) is 0.677. The summed E-state index contributed by atoms with van der Waals surface area (Å²) in [6.07, 6.45) is 0. The van der Waals surface area contributed by atoms with Crippen LogP contribution in [0.5, 0.6) is 0 Å². The van der Waals surface area contributed by atoms with Crippen molar-refractivity contribution in [3.05, 3.63) is 38.3 Å². The number of nitro benzene ring substituents is 1. The third kappa shape index (κ3) is 3.10. The van der Waals surface area contributed by atoms with E-state index in [4.69, 9.17) is 0 Å². The van der Waals surface area contributed by atoms with Crippen LogP contribution < -0.4 is 5.32 Å². The third-order valence-electron chi connectivity index (χ3n) is 3.22. The lowest BCUT2D eigenvalue weighted by Gasteiger charge is -2.32. The van der Waals surface area contributed by atoms with Crippen molar-refractivity contribution in [1.82, 2.24) is 10.2 Å². The zero-order valence-electron chi connectivity index (χ0n) is 10.4. The van der Waals surface area contributed by atoms with Gasteiger partial charge in [-0.3, -0.25) is 19.8 Å². The first-order chi connectivity index (χ1) is 8.99. The van der Waals surface area contributed by atoms with E-state index in [9.17, 15) is 14.9 Å². The second-order valence-corrected chi connectivity index (χ2v) is 5.33. The summed E-state index contributed by atoms with van der Waals surface area (Å²) in [4.78, 5) is 24.0. The first-order valence-corrected chi connectivity index (χ1v) is 6.73. The maximum Gasteiger partial charge on any atom is 0.283 e. The Hall–Kier alpha value is -1.47. The fourth-order valence-corrected chi connectivity index (χ4v) is 2.47. The van der Waals surface area contributed by atoms with Crippen LogP contribution in [0.1, 0.15) is 12.5 Å². The lowest BCUT2D eigenvalue weighted by atomic mass is 10.1. The van der Waals surface area contributed by atoms with Gasteiger partial charge in [-0.15, -0.1) is 0 Å². The highest BCUT2D eigenvalue weighted by Crippen LogP contribution is 2.26. The van der Waals surface area contributed by atoms with Crippen LogP contribution in [-0.2, 0) is 11.3 Å². The molecular weight excluding hydrogens is 314 g/mol. The maximum atomic E-state index is 11.6. The second kappa shape index (κ2) is 5.66. The molecule has 1 atom stereocenters. The Morgan fingerprint density at radius 1 is 1.58 bits per heavy atom. The smallest absolute Gasteiger partial charge is 0.283 e. The summed E-state index contributed by atoms with van der Waals surface area (Å²) in [5.74, 6) is -0.00198. The molecule has 7 heteroatoms. The number of nitrogens with one attached hydrogen (secondary N) is 1. The van der Waals surface area contributed by atoms with Gasteiger partial charge >= 0.3 is 0 Å². The maximum absolute atomic E-state index is 11.6. The number of carbonyl (C=O) groups is 1. The van der Waals surface area contributed by atoms with Crippen molar-refractivity contribution in [1.29, 1.82) is 0 Å². The Morgan fingerprint density at radius 2 is 2.32 bits per heavy atom. The summed E-state index contributed by atoms with van der Waals surface area (Å²) in [6, 6.07) is 4.83. The molecule has 0 aromatic heterocycles. The molecule has 1 aliphatic rings. The second-order valence-electron chi connectivity index (χ2n) is 4.48. The highest BCUT2D eigenvalue weighted by Gasteiger charge is 2.25. The minimum absolute atomic E-state index is 0.00198. The van der Waals surface area contributed by atoms with Crippen molar-refractivity contribution in [3.8, 4) is 0 Å². The number of rotatable bonds is 3. The molecule has 1 aromatic rings. The topological polar surface area (TPSA) is 75.5 Å². The molecule has 1 fully saturated rings. The number of amides is 1. The van der Waals surface area contributed by atoms with E-state index in [1.54, 1.807) is 12.1 Å². The Balaban J connectivity index is 2.17. The van der Waals surface area contributed by atoms with Gasteiger partial charge in [0.15, 0.2) is 0 Å². The number of benzene rings is 1. The Kier molecular flexibility index (Phi) is 4.16. The minimum Gasteiger partial charge on any atom is -0.353 e. The zero-order valence-corrected chi connectivity index (χ0v) is 12.0. The van der Waals surface area contributed by atoms with Gasteiger partial charge in [0, 0.05) is 25.7 Å². The van der Waals surface area contributed by atoms with Crippen LogP contribution in [0.25, 0.3) is 0 Å². The van der Waals surface area contributed by atoms with E-state index in [1.807, 2.05) is 17.9 Å². The molecule has 19 heavy (non-hydrogen) atoms. The van der Waals surface area contributed by atoms with Crippen LogP contribution >= 0.6 is 15.9 Å². The summed E-state index contributed by atoms with van der Waals surface area (Å²) in [6.45, 7) is 3.73. The molecule has 1 aliphatic heterocycles. The van der Waals surface area contributed by atoms with Crippen molar-refractivity contribution in [2.75, 3.05) is 13.1 Å². The van der Waals surface area contributed by atoms with Crippen LogP contribution in [0.15, 0.2) is 22.7 Å². The van der Waals surface area contributed by atoms with E-state index >= 15 is 0 Å². The molecule has 6 nitrogen and oxygen atoms in total. The number of piperazine rings is 1. The fraction of sp³-hybridized carbons (Fsp3) is 0.417. The van der Waals surface area contributed by atoms with Gasteiger partial charge in [-0.05, 0) is 34.5 Å². The van der Waals surface area contributed by atoms with E-state index in [0.29, 0.717) is 17.6 Å². The third-order valence-corrected chi connectivity index (χ3v) is 3.89. The molecule has 2 rings (SSSR count). The van der Waals surface area contributed by atoms with E-state index in [0.717, 1.165) is 12.1 Å². The van der Waals surface area contributed by atoms with Crippen molar-refractivity contribution >= 4 is 27.5 Å². The normalized spacial score (nSPS) is 20.1. The predicted molar refractivity (Wildman–Crippen MR) is 73.7 cm³/mol. The first kappa shape index (κ1) is 14.0. The monoisotopic (exact) mass is 327 g/mol. The summed E-state index contributed by atoms with van der Waals surface area (Å²) in [5, 5.41) is 13.7. The van der Waals surface area contributed by atoms with Crippen molar-refractivity contribution in [2.24, 2.45) is 0 Å². The SMILES string of the molecule is C[C@H]1C(=O)NCCN1Cc1ccc(Br)c([N+](=O)[O-])c1. The number of nitro groups is 1. The molecule has 0 bridgehead atoms. The molecule has 1 saturated heterocycles. The molecule has 0 spiro atoms. The molecular formula is C12H14BrN3O3. The molecule has 1 heterocycles. The highest BCUT2D eigenvalue weighted by molar-refractivity contribution is 9.10. The molecule has 0 unspecified atom stereocenters. The van der Waals surface area contributed by atoms with Crippen LogP contribution in [0, 0.1) is 10.1 Å². The van der Waals surface area contributed by atoms with Gasteiger partial charge < -0.3 is 5.32 Å². The Morgan fingerprint density at radius 3 is 3.00 bits per heavy atom. The average Bonchev–Trinajstić information content (AvgIpc) is 2.37. The number of halogens is 1. The molecule has 1 N–H and O–H groups in total. The zero-order chi connectivity index (χ0) is 14.0. The van der Waals surface area contributed by atoms with Gasteiger partial charge in [0.1, 0.15) is 0 Å². The summed E-state index contributed by atoms with van der Waals surface area (Å²) in [5.41, 5.74) is 0.878. The van der Waals surface area contributed by atoms with Crippen LogP contribution in [-0.4, -0.2) is 34.9 Å². The van der Waals surface area contributed by atoms with Gasteiger partial charge in [-0.1, -0.05) is 6.07 Å². The number of nitrogens with zero attached hydrogens (tertiary/aromatic N) is 2. The van der Waals surface area contributed by atoms with Crippen LogP contribution in [0.2, 0.25) is 0 Å². The largest absolute Gasteiger partial charge is 0.353 e. The lowest BCUT2D eigenvalue weighted by Crippen LogP contribution is -2.53. The van der Waals surface area contributed by atoms with Crippen molar-refractivity contribution in [3.63, 3.8) is 0 Å². The molecule has 102 valence electrons. The fourth-order valence-electron chi connectivity index (χ4n) is 2.08. The summed E-state index contributed by atoms with van der Waals surface area (Å²) < 4.78 is 0.464. The predicted octanol–water partition coefficient (Wildman–Crippen LogP) is 1.68. The molecule has 0 saturated carbocycles. The average molecular weight is 328 g/mol. The molecule has 1 aromatic carbocycles. The van der Waals surface area contributed by atoms with E-state index in [1.165, 1.54) is 0 Å².